The van der Waals surface area contributed by atoms with Crippen molar-refractivity contribution < 1.29 is 19.0 Å². The first kappa shape index (κ1) is 17.7. The Kier molecular flexibility index (Phi) is 6.01. The van der Waals surface area contributed by atoms with E-state index >= 15 is 0 Å². The fourth-order valence-electron chi connectivity index (χ4n) is 2.58. The van der Waals surface area contributed by atoms with Crippen LogP contribution in [-0.4, -0.2) is 19.4 Å². The Morgan fingerprint density at radius 2 is 1.46 bits per heavy atom. The second-order valence-electron chi connectivity index (χ2n) is 5.62. The molecule has 0 aliphatic carbocycles. The van der Waals surface area contributed by atoms with E-state index in [0.717, 1.165) is 16.7 Å². The number of benzene rings is 3. The van der Waals surface area contributed by atoms with Crippen LogP contribution in [0.15, 0.2) is 84.9 Å². The Labute approximate surface area is 153 Å². The van der Waals surface area contributed by atoms with E-state index in [1.807, 2.05) is 72.8 Å². The predicted octanol–water partition coefficient (Wildman–Crippen LogP) is 4.45. The van der Waals surface area contributed by atoms with Gasteiger partial charge in [0.2, 0.25) is 0 Å². The van der Waals surface area contributed by atoms with Crippen LogP contribution in [0.4, 0.5) is 0 Å². The Balaban J connectivity index is 1.76. The molecule has 3 aromatic rings. The molecule has 0 amide bonds. The second kappa shape index (κ2) is 8.83. The molecule has 132 valence electrons. The smallest absolute Gasteiger partial charge is 0.376 e. The van der Waals surface area contributed by atoms with Crippen molar-refractivity contribution in [2.45, 2.75) is 12.9 Å². The molecule has 0 spiro atoms. The van der Waals surface area contributed by atoms with Crippen LogP contribution in [0.1, 0.15) is 5.56 Å². The molecule has 0 fully saturated rings. The Bertz CT molecular complexity index is 831. The van der Waals surface area contributed by atoms with Gasteiger partial charge in [0.1, 0.15) is 5.75 Å². The zero-order valence-corrected chi connectivity index (χ0v) is 14.5. The topological polar surface area (TPSA) is 44.8 Å². The summed E-state index contributed by atoms with van der Waals surface area (Å²) in [6.07, 6.45) is -1.13. The van der Waals surface area contributed by atoms with Gasteiger partial charge in [0.05, 0.1) is 13.7 Å². The normalized spacial score (nSPS) is 11.6. The highest BCUT2D eigenvalue weighted by Gasteiger charge is 2.22. The average Bonchev–Trinajstić information content (AvgIpc) is 2.72. The third kappa shape index (κ3) is 4.49. The Morgan fingerprint density at radius 3 is 2.15 bits per heavy atom. The number of methoxy groups -OCH3 is 1. The first-order chi connectivity index (χ1) is 12.8. The summed E-state index contributed by atoms with van der Waals surface area (Å²) in [5.74, 6) is -0.0368. The fraction of sp³-hybridized carbons (Fsp3) is 0.136. The number of hydrogen-bond acceptors (Lipinski definition) is 4. The lowest BCUT2D eigenvalue weighted by Crippen LogP contribution is -2.31. The minimum absolute atomic E-state index is 0.220. The molecule has 3 aromatic carbocycles. The van der Waals surface area contributed by atoms with E-state index in [-0.39, 0.29) is 6.61 Å². The Hall–Kier alpha value is -3.11. The summed E-state index contributed by atoms with van der Waals surface area (Å²) in [4.78, 5) is 12.0. The van der Waals surface area contributed by atoms with Crippen LogP contribution in [0.3, 0.4) is 0 Å². The minimum Gasteiger partial charge on any atom is -0.464 e. The van der Waals surface area contributed by atoms with Crippen molar-refractivity contribution in [1.29, 1.82) is 0 Å². The van der Waals surface area contributed by atoms with E-state index in [9.17, 15) is 4.79 Å². The molecule has 0 heterocycles. The molecule has 0 aliphatic heterocycles. The van der Waals surface area contributed by atoms with Gasteiger partial charge in [-0.15, -0.1) is 0 Å². The zero-order chi connectivity index (χ0) is 18.2. The quantitative estimate of drug-likeness (QED) is 0.467. The summed E-state index contributed by atoms with van der Waals surface area (Å²) in [7, 11) is 1.31. The van der Waals surface area contributed by atoms with E-state index < -0.39 is 12.3 Å². The molecular formula is C22H20O4. The Morgan fingerprint density at radius 1 is 0.846 bits per heavy atom. The number of rotatable bonds is 7. The molecule has 4 nitrogen and oxygen atoms in total. The van der Waals surface area contributed by atoms with Gasteiger partial charge in [-0.3, -0.25) is 0 Å². The van der Waals surface area contributed by atoms with Gasteiger partial charge in [-0.1, -0.05) is 72.8 Å². The SMILES string of the molecule is COC(=O)C(OCc1ccccc1-c1ccccc1)Oc1ccccc1. The standard InChI is InChI=1S/C22H20O4/c1-24-21(23)22(26-19-13-6-3-7-14-19)25-16-18-12-8-9-15-20(18)17-10-4-2-5-11-17/h2-15,22H,16H2,1H3. The first-order valence-electron chi connectivity index (χ1n) is 8.32. The lowest BCUT2D eigenvalue weighted by molar-refractivity contribution is -0.176. The van der Waals surface area contributed by atoms with Gasteiger partial charge in [-0.2, -0.15) is 0 Å². The molecule has 4 heteroatoms. The van der Waals surface area contributed by atoms with Crippen LogP contribution in [0.2, 0.25) is 0 Å². The molecule has 0 radical (unpaired) electrons. The maximum Gasteiger partial charge on any atom is 0.376 e. The van der Waals surface area contributed by atoms with Gasteiger partial charge in [0.15, 0.2) is 0 Å². The maximum atomic E-state index is 12.0. The van der Waals surface area contributed by atoms with Gasteiger partial charge in [0, 0.05) is 0 Å². The zero-order valence-electron chi connectivity index (χ0n) is 14.5. The van der Waals surface area contributed by atoms with Crippen molar-refractivity contribution in [3.8, 4) is 16.9 Å². The molecule has 0 bridgehead atoms. The van der Waals surface area contributed by atoms with E-state index in [0.29, 0.717) is 5.75 Å². The summed E-state index contributed by atoms with van der Waals surface area (Å²) in [6.45, 7) is 0.220. The molecule has 0 aromatic heterocycles. The number of ether oxygens (including phenoxy) is 3. The second-order valence-corrected chi connectivity index (χ2v) is 5.62. The number of para-hydroxylation sites is 1. The molecule has 0 aliphatic rings. The molecule has 0 saturated heterocycles. The number of hydrogen-bond donors (Lipinski definition) is 0. The lowest BCUT2D eigenvalue weighted by atomic mass is 10.0. The monoisotopic (exact) mass is 348 g/mol. The van der Waals surface area contributed by atoms with Crippen LogP contribution >= 0.6 is 0 Å². The fourth-order valence-corrected chi connectivity index (χ4v) is 2.58. The number of carbonyl (C=O) groups excluding carboxylic acids is 1. The van der Waals surface area contributed by atoms with Gasteiger partial charge in [-0.25, -0.2) is 4.79 Å². The molecule has 0 saturated carbocycles. The summed E-state index contributed by atoms with van der Waals surface area (Å²) in [5.41, 5.74) is 3.10. The van der Waals surface area contributed by atoms with Crippen LogP contribution in [0.5, 0.6) is 5.75 Å². The van der Waals surface area contributed by atoms with Crippen molar-refractivity contribution in [3.63, 3.8) is 0 Å². The highest BCUT2D eigenvalue weighted by molar-refractivity contribution is 5.73. The average molecular weight is 348 g/mol. The van der Waals surface area contributed by atoms with E-state index in [4.69, 9.17) is 14.2 Å². The summed E-state index contributed by atoms with van der Waals surface area (Å²) >= 11 is 0. The van der Waals surface area contributed by atoms with Crippen LogP contribution < -0.4 is 4.74 Å². The minimum atomic E-state index is -1.13. The van der Waals surface area contributed by atoms with Gasteiger partial charge >= 0.3 is 5.97 Å². The van der Waals surface area contributed by atoms with Gasteiger partial charge in [-0.05, 0) is 28.8 Å². The van der Waals surface area contributed by atoms with Gasteiger partial charge in [0.25, 0.3) is 6.29 Å². The number of carbonyl (C=O) groups is 1. The van der Waals surface area contributed by atoms with Crippen LogP contribution in [-0.2, 0) is 20.9 Å². The van der Waals surface area contributed by atoms with Crippen molar-refractivity contribution in [3.05, 3.63) is 90.5 Å². The van der Waals surface area contributed by atoms with Crippen molar-refractivity contribution >= 4 is 5.97 Å². The molecule has 1 atom stereocenters. The third-order valence-corrected chi connectivity index (χ3v) is 3.87. The largest absolute Gasteiger partial charge is 0.464 e. The molecule has 26 heavy (non-hydrogen) atoms. The van der Waals surface area contributed by atoms with E-state index in [2.05, 4.69) is 0 Å². The summed E-state index contributed by atoms with van der Waals surface area (Å²) in [6, 6.07) is 27.0. The summed E-state index contributed by atoms with van der Waals surface area (Å²) in [5, 5.41) is 0. The highest BCUT2D eigenvalue weighted by atomic mass is 16.7. The highest BCUT2D eigenvalue weighted by Crippen LogP contribution is 2.24. The van der Waals surface area contributed by atoms with E-state index in [1.165, 1.54) is 7.11 Å². The molecular weight excluding hydrogens is 328 g/mol. The summed E-state index contributed by atoms with van der Waals surface area (Å²) < 4.78 is 16.2. The van der Waals surface area contributed by atoms with Crippen molar-refractivity contribution in [1.82, 2.24) is 0 Å². The van der Waals surface area contributed by atoms with Crippen LogP contribution in [0.25, 0.3) is 11.1 Å². The molecule has 0 N–H and O–H groups in total. The molecule has 3 rings (SSSR count). The third-order valence-electron chi connectivity index (χ3n) is 3.87. The van der Waals surface area contributed by atoms with Crippen LogP contribution in [0, 0.1) is 0 Å². The van der Waals surface area contributed by atoms with Crippen molar-refractivity contribution in [2.75, 3.05) is 7.11 Å². The van der Waals surface area contributed by atoms with E-state index in [1.54, 1.807) is 12.1 Å². The van der Waals surface area contributed by atoms with Gasteiger partial charge < -0.3 is 14.2 Å². The first-order valence-corrected chi connectivity index (χ1v) is 8.32. The predicted molar refractivity (Wildman–Crippen MR) is 99.5 cm³/mol. The number of esters is 1. The van der Waals surface area contributed by atoms with Crippen molar-refractivity contribution in [2.24, 2.45) is 0 Å². The molecule has 1 unspecified atom stereocenters. The maximum absolute atomic E-state index is 12.0. The lowest BCUT2D eigenvalue weighted by Gasteiger charge is -2.18.